The lowest BCUT2D eigenvalue weighted by atomic mass is 9.93. The molecule has 0 spiro atoms. The zero-order valence-corrected chi connectivity index (χ0v) is 16.4. The van der Waals surface area contributed by atoms with Gasteiger partial charge in [-0.15, -0.1) is 0 Å². The molecule has 6 nitrogen and oxygen atoms in total. The van der Waals surface area contributed by atoms with Gasteiger partial charge in [0.1, 0.15) is 5.82 Å². The van der Waals surface area contributed by atoms with E-state index in [2.05, 4.69) is 10.3 Å². The van der Waals surface area contributed by atoms with Gasteiger partial charge < -0.3 is 19.6 Å². The van der Waals surface area contributed by atoms with Gasteiger partial charge >= 0.3 is 0 Å². The Morgan fingerprint density at radius 3 is 2.61 bits per heavy atom. The number of nitrogens with zero attached hydrogens (tertiary/aromatic N) is 2. The Bertz CT molecular complexity index is 1430. The van der Waals surface area contributed by atoms with Crippen molar-refractivity contribution in [3.05, 3.63) is 87.4 Å². The molecule has 4 heterocycles. The van der Waals surface area contributed by atoms with Gasteiger partial charge in [-0.3, -0.25) is 9.59 Å². The van der Waals surface area contributed by atoms with Crippen LogP contribution in [0.25, 0.3) is 16.3 Å². The van der Waals surface area contributed by atoms with Crippen molar-refractivity contribution in [2.75, 3.05) is 13.6 Å². The van der Waals surface area contributed by atoms with Crippen molar-refractivity contribution in [2.45, 2.75) is 12.6 Å². The number of fused-ring (bicyclic) bond motifs is 4. The van der Waals surface area contributed by atoms with Crippen LogP contribution in [0.15, 0.2) is 47.5 Å². The van der Waals surface area contributed by atoms with Gasteiger partial charge in [0, 0.05) is 49.3 Å². The maximum atomic E-state index is 14.0. The minimum atomic E-state index is -1.11. The summed E-state index contributed by atoms with van der Waals surface area (Å²) in [7, 11) is 1.60. The van der Waals surface area contributed by atoms with Crippen LogP contribution in [0.3, 0.4) is 0 Å². The number of benzene rings is 1. The molecule has 1 amide bonds. The Kier molecular flexibility index (Phi) is 4.37. The number of rotatable bonds is 2. The first kappa shape index (κ1) is 19.4. The summed E-state index contributed by atoms with van der Waals surface area (Å²) in [5, 5.41) is 3.44. The average molecular weight is 426 g/mol. The summed E-state index contributed by atoms with van der Waals surface area (Å²) in [5.74, 6) is -2.93. The summed E-state index contributed by atoms with van der Waals surface area (Å²) in [4.78, 5) is 29.8. The summed E-state index contributed by atoms with van der Waals surface area (Å²) in [6.45, 7) is 0.685. The van der Waals surface area contributed by atoms with Crippen LogP contribution in [0.2, 0.25) is 0 Å². The monoisotopic (exact) mass is 426 g/mol. The first-order valence-corrected chi connectivity index (χ1v) is 9.62. The zero-order chi connectivity index (χ0) is 21.9. The maximum absolute atomic E-state index is 14.0. The topological polar surface area (TPSA) is 69.6 Å². The fourth-order valence-corrected chi connectivity index (χ4v) is 4.22. The van der Waals surface area contributed by atoms with Gasteiger partial charge in [0.25, 0.3) is 11.5 Å². The number of pyridine rings is 2. The molecule has 0 aliphatic carbocycles. The van der Waals surface area contributed by atoms with Crippen LogP contribution in [0.4, 0.5) is 13.2 Å². The van der Waals surface area contributed by atoms with Gasteiger partial charge in [0.2, 0.25) is 0 Å². The van der Waals surface area contributed by atoms with E-state index in [4.69, 9.17) is 0 Å². The Balaban J connectivity index is 1.61. The maximum Gasteiger partial charge on any atom is 0.256 e. The van der Waals surface area contributed by atoms with Crippen molar-refractivity contribution < 1.29 is 18.0 Å². The summed E-state index contributed by atoms with van der Waals surface area (Å²) >= 11 is 0. The number of carbonyl (C=O) groups is 1. The summed E-state index contributed by atoms with van der Waals surface area (Å²) in [6, 6.07) is 5.87. The SMILES string of the molecule is CN(C(=O)c1cc2ccc(F)cn2c1)C1CNCc2[nH]c(=O)c3cc(F)c(F)cc3c21. The van der Waals surface area contributed by atoms with Crippen molar-refractivity contribution >= 4 is 22.2 Å². The molecule has 1 aliphatic heterocycles. The van der Waals surface area contributed by atoms with Crippen LogP contribution in [-0.4, -0.2) is 33.8 Å². The molecule has 0 saturated carbocycles. The molecule has 3 aromatic heterocycles. The fourth-order valence-electron chi connectivity index (χ4n) is 4.22. The van der Waals surface area contributed by atoms with Gasteiger partial charge in [0.15, 0.2) is 11.6 Å². The molecule has 4 aromatic rings. The van der Waals surface area contributed by atoms with Crippen molar-refractivity contribution in [1.29, 1.82) is 0 Å². The Labute approximate surface area is 173 Å². The smallest absolute Gasteiger partial charge is 0.256 e. The normalized spacial score (nSPS) is 15.9. The number of amides is 1. The molecule has 158 valence electrons. The highest BCUT2D eigenvalue weighted by Gasteiger charge is 2.31. The number of likely N-dealkylation sites (N-methyl/N-ethyl adjacent to an activating group) is 1. The molecular weight excluding hydrogens is 409 g/mol. The van der Waals surface area contributed by atoms with Gasteiger partial charge in [-0.25, -0.2) is 13.2 Å². The molecule has 31 heavy (non-hydrogen) atoms. The number of carbonyl (C=O) groups excluding carboxylic acids is 1. The molecule has 0 bridgehead atoms. The Morgan fingerprint density at radius 1 is 1.10 bits per heavy atom. The minimum absolute atomic E-state index is 0.0236. The van der Waals surface area contributed by atoms with E-state index in [1.54, 1.807) is 19.2 Å². The van der Waals surface area contributed by atoms with Crippen molar-refractivity contribution in [1.82, 2.24) is 19.6 Å². The van der Waals surface area contributed by atoms with E-state index in [1.165, 1.54) is 27.8 Å². The van der Waals surface area contributed by atoms with E-state index in [9.17, 15) is 22.8 Å². The van der Waals surface area contributed by atoms with Crippen LogP contribution in [0, 0.1) is 17.5 Å². The predicted molar refractivity (Wildman–Crippen MR) is 108 cm³/mol. The third-order valence-electron chi connectivity index (χ3n) is 5.75. The number of hydrogen-bond donors (Lipinski definition) is 2. The minimum Gasteiger partial charge on any atom is -0.333 e. The van der Waals surface area contributed by atoms with E-state index >= 15 is 0 Å². The first-order valence-electron chi connectivity index (χ1n) is 9.62. The van der Waals surface area contributed by atoms with Crippen LogP contribution in [0.1, 0.15) is 27.7 Å². The molecule has 9 heteroatoms. The van der Waals surface area contributed by atoms with Crippen molar-refractivity contribution in [3.8, 4) is 0 Å². The van der Waals surface area contributed by atoms with E-state index in [-0.39, 0.29) is 16.7 Å². The van der Waals surface area contributed by atoms with Crippen molar-refractivity contribution in [2.24, 2.45) is 0 Å². The van der Waals surface area contributed by atoms with Crippen LogP contribution < -0.4 is 10.9 Å². The first-order chi connectivity index (χ1) is 14.8. The molecule has 2 N–H and O–H groups in total. The molecule has 1 aliphatic rings. The lowest BCUT2D eigenvalue weighted by molar-refractivity contribution is 0.0723. The molecule has 0 fully saturated rings. The second-order valence-corrected chi connectivity index (χ2v) is 7.63. The Hall–Kier alpha value is -3.59. The van der Waals surface area contributed by atoms with Crippen LogP contribution in [-0.2, 0) is 6.54 Å². The second-order valence-electron chi connectivity index (χ2n) is 7.63. The van der Waals surface area contributed by atoms with Gasteiger partial charge in [-0.1, -0.05) is 0 Å². The van der Waals surface area contributed by atoms with E-state index in [0.717, 1.165) is 12.1 Å². The summed E-state index contributed by atoms with van der Waals surface area (Å²) in [5.41, 5.74) is 1.57. The standard InChI is InChI=1S/C22H17F3N4O2/c1-28(22(31)11-4-13-3-2-12(23)10-29(13)9-11)19-8-26-7-18-20(19)14-5-16(24)17(25)6-15(14)21(30)27-18/h2-6,9-10,19,26H,7-8H2,1H3,(H,27,30). The lowest BCUT2D eigenvalue weighted by Gasteiger charge is -2.34. The number of hydrogen-bond acceptors (Lipinski definition) is 3. The van der Waals surface area contributed by atoms with E-state index < -0.39 is 29.1 Å². The zero-order valence-electron chi connectivity index (χ0n) is 16.4. The molecule has 1 aromatic carbocycles. The molecule has 1 atom stereocenters. The highest BCUT2D eigenvalue weighted by Crippen LogP contribution is 2.32. The third kappa shape index (κ3) is 3.09. The fraction of sp³-hybridized carbons (Fsp3) is 0.182. The summed E-state index contributed by atoms with van der Waals surface area (Å²) in [6.07, 6.45) is 2.81. The lowest BCUT2D eigenvalue weighted by Crippen LogP contribution is -2.42. The quantitative estimate of drug-likeness (QED) is 0.518. The average Bonchev–Trinajstić information content (AvgIpc) is 3.17. The van der Waals surface area contributed by atoms with E-state index in [0.29, 0.717) is 35.4 Å². The molecule has 5 rings (SSSR count). The largest absolute Gasteiger partial charge is 0.333 e. The Morgan fingerprint density at radius 2 is 1.84 bits per heavy atom. The number of aromatic nitrogens is 2. The predicted octanol–water partition coefficient (Wildman–Crippen LogP) is 3.11. The highest BCUT2D eigenvalue weighted by atomic mass is 19.2. The summed E-state index contributed by atoms with van der Waals surface area (Å²) < 4.78 is 42.8. The molecule has 0 saturated heterocycles. The van der Waals surface area contributed by atoms with Gasteiger partial charge in [0.05, 0.1) is 17.0 Å². The highest BCUT2D eigenvalue weighted by molar-refractivity contribution is 5.96. The second kappa shape index (κ2) is 6.98. The number of nitrogens with one attached hydrogen (secondary N) is 2. The molecule has 1 unspecified atom stereocenters. The van der Waals surface area contributed by atoms with Gasteiger partial charge in [-0.2, -0.15) is 0 Å². The number of halogens is 3. The molecular formula is C22H17F3N4O2. The van der Waals surface area contributed by atoms with Crippen LogP contribution >= 0.6 is 0 Å². The number of aromatic amines is 1. The van der Waals surface area contributed by atoms with E-state index in [1.807, 2.05) is 0 Å². The number of H-pyrrole nitrogens is 1. The van der Waals surface area contributed by atoms with Crippen LogP contribution in [0.5, 0.6) is 0 Å². The third-order valence-corrected chi connectivity index (χ3v) is 5.75. The van der Waals surface area contributed by atoms with Gasteiger partial charge in [-0.05, 0) is 35.7 Å². The van der Waals surface area contributed by atoms with Crippen molar-refractivity contribution in [3.63, 3.8) is 0 Å². The molecule has 0 radical (unpaired) electrons.